The second-order valence-electron chi connectivity index (χ2n) is 6.96. The van der Waals surface area contributed by atoms with E-state index >= 15 is 0 Å². The number of benzene rings is 1. The molecule has 27 heavy (non-hydrogen) atoms. The van der Waals surface area contributed by atoms with Crippen LogP contribution in [-0.4, -0.2) is 62.1 Å². The predicted octanol–water partition coefficient (Wildman–Crippen LogP) is 2.44. The minimum Gasteiger partial charge on any atom is -0.376 e. The van der Waals surface area contributed by atoms with E-state index in [0.29, 0.717) is 5.82 Å². The van der Waals surface area contributed by atoms with Gasteiger partial charge in [0.2, 0.25) is 5.91 Å². The Morgan fingerprint density at radius 1 is 1.11 bits per heavy atom. The van der Waals surface area contributed by atoms with Gasteiger partial charge in [0.05, 0.1) is 17.9 Å². The average Bonchev–Trinajstić information content (AvgIpc) is 2.68. The van der Waals surface area contributed by atoms with E-state index in [2.05, 4.69) is 20.1 Å². The average molecular weight is 371 g/mol. The summed E-state index contributed by atoms with van der Waals surface area (Å²) in [4.78, 5) is 23.2. The van der Waals surface area contributed by atoms with Crippen molar-refractivity contribution in [2.45, 2.75) is 13.0 Å². The molecule has 0 radical (unpaired) electrons. The normalized spacial score (nSPS) is 16.1. The second-order valence-corrected chi connectivity index (χ2v) is 6.96. The predicted molar refractivity (Wildman–Crippen MR) is 107 cm³/mol. The van der Waals surface area contributed by atoms with Gasteiger partial charge in [-0.3, -0.25) is 9.69 Å². The SMILES string of the molecule is CC(C(=O)Nc1ccc(N(C)C)cn1)N1CCN(c2ccc(F)cc2)CC1. The Labute approximate surface area is 159 Å². The van der Waals surface area contributed by atoms with E-state index in [1.165, 1.54) is 12.1 Å². The third kappa shape index (κ3) is 4.74. The highest BCUT2D eigenvalue weighted by Gasteiger charge is 2.26. The van der Waals surface area contributed by atoms with Gasteiger partial charge in [0.15, 0.2) is 0 Å². The van der Waals surface area contributed by atoms with Crippen LogP contribution in [0.4, 0.5) is 21.6 Å². The zero-order valence-corrected chi connectivity index (χ0v) is 16.0. The number of halogens is 1. The van der Waals surface area contributed by atoms with Gasteiger partial charge in [-0.2, -0.15) is 0 Å². The molecule has 1 unspecified atom stereocenters. The Balaban J connectivity index is 1.53. The first-order valence-corrected chi connectivity index (χ1v) is 9.13. The van der Waals surface area contributed by atoms with Gasteiger partial charge in [0.25, 0.3) is 0 Å². The molecule has 2 heterocycles. The number of nitrogens with zero attached hydrogens (tertiary/aromatic N) is 4. The fourth-order valence-corrected chi connectivity index (χ4v) is 3.14. The topological polar surface area (TPSA) is 51.7 Å². The number of aromatic nitrogens is 1. The van der Waals surface area contributed by atoms with Crippen LogP contribution in [-0.2, 0) is 4.79 Å². The quantitative estimate of drug-likeness (QED) is 0.875. The largest absolute Gasteiger partial charge is 0.376 e. The number of carbonyl (C=O) groups is 1. The molecule has 0 aliphatic carbocycles. The fourth-order valence-electron chi connectivity index (χ4n) is 3.14. The van der Waals surface area contributed by atoms with Crippen molar-refractivity contribution in [3.8, 4) is 0 Å². The summed E-state index contributed by atoms with van der Waals surface area (Å²) in [5, 5.41) is 2.89. The Bertz CT molecular complexity index is 755. The molecular formula is C20H26FN5O. The van der Waals surface area contributed by atoms with Crippen LogP contribution in [0.15, 0.2) is 42.6 Å². The van der Waals surface area contributed by atoms with E-state index in [1.807, 2.05) is 38.1 Å². The summed E-state index contributed by atoms with van der Waals surface area (Å²) < 4.78 is 13.1. The van der Waals surface area contributed by atoms with Crippen molar-refractivity contribution < 1.29 is 9.18 Å². The van der Waals surface area contributed by atoms with Crippen molar-refractivity contribution in [3.05, 3.63) is 48.4 Å². The van der Waals surface area contributed by atoms with E-state index in [0.717, 1.165) is 37.6 Å². The first-order valence-electron chi connectivity index (χ1n) is 9.13. The van der Waals surface area contributed by atoms with Crippen LogP contribution in [0.3, 0.4) is 0 Å². The van der Waals surface area contributed by atoms with Gasteiger partial charge in [-0.05, 0) is 43.3 Å². The summed E-state index contributed by atoms with van der Waals surface area (Å²) in [6.07, 6.45) is 1.74. The zero-order valence-electron chi connectivity index (χ0n) is 16.0. The van der Waals surface area contributed by atoms with Crippen LogP contribution >= 0.6 is 0 Å². The molecule has 2 aromatic rings. The van der Waals surface area contributed by atoms with Gasteiger partial charge in [-0.1, -0.05) is 0 Å². The maximum atomic E-state index is 13.1. The van der Waals surface area contributed by atoms with E-state index in [9.17, 15) is 9.18 Å². The summed E-state index contributed by atoms with van der Waals surface area (Å²) in [6.45, 7) is 5.08. The van der Waals surface area contributed by atoms with Crippen molar-refractivity contribution in [1.29, 1.82) is 0 Å². The number of rotatable bonds is 5. The molecule has 1 saturated heterocycles. The number of pyridine rings is 1. The van der Waals surface area contributed by atoms with Gasteiger partial charge < -0.3 is 15.1 Å². The standard InChI is InChI=1S/C20H26FN5O/c1-15(20(27)23-19-9-8-18(14-22-19)24(2)3)25-10-12-26(13-11-25)17-6-4-16(21)5-7-17/h4-9,14-15H,10-13H2,1-3H3,(H,22,23,27). The monoisotopic (exact) mass is 371 g/mol. The molecule has 1 aromatic heterocycles. The lowest BCUT2D eigenvalue weighted by Crippen LogP contribution is -2.52. The van der Waals surface area contributed by atoms with Gasteiger partial charge >= 0.3 is 0 Å². The summed E-state index contributed by atoms with van der Waals surface area (Å²) in [7, 11) is 3.89. The number of hydrogen-bond donors (Lipinski definition) is 1. The lowest BCUT2D eigenvalue weighted by atomic mass is 10.2. The third-order valence-corrected chi connectivity index (χ3v) is 4.95. The Morgan fingerprint density at radius 3 is 2.33 bits per heavy atom. The minimum absolute atomic E-state index is 0.0599. The van der Waals surface area contributed by atoms with Crippen molar-refractivity contribution in [2.24, 2.45) is 0 Å². The van der Waals surface area contributed by atoms with Crippen LogP contribution in [0.5, 0.6) is 0 Å². The van der Waals surface area contributed by atoms with Crippen LogP contribution in [0.25, 0.3) is 0 Å². The summed E-state index contributed by atoms with van der Waals surface area (Å²) >= 11 is 0. The Hall–Kier alpha value is -2.67. The van der Waals surface area contributed by atoms with Crippen LogP contribution in [0.2, 0.25) is 0 Å². The molecule has 6 nitrogen and oxygen atoms in total. The van der Waals surface area contributed by atoms with Gasteiger partial charge in [-0.25, -0.2) is 9.37 Å². The lowest BCUT2D eigenvalue weighted by Gasteiger charge is -2.38. The highest BCUT2D eigenvalue weighted by atomic mass is 19.1. The van der Waals surface area contributed by atoms with Crippen LogP contribution in [0, 0.1) is 5.82 Å². The molecule has 3 rings (SSSR count). The van der Waals surface area contributed by atoms with Gasteiger partial charge in [0.1, 0.15) is 11.6 Å². The molecule has 1 atom stereocenters. The molecule has 0 saturated carbocycles. The highest BCUT2D eigenvalue weighted by Crippen LogP contribution is 2.18. The number of piperazine rings is 1. The first kappa shape index (κ1) is 19.1. The summed E-state index contributed by atoms with van der Waals surface area (Å²) in [6, 6.07) is 10.0. The van der Waals surface area contributed by atoms with Crippen molar-refractivity contribution in [3.63, 3.8) is 0 Å². The summed E-state index contributed by atoms with van der Waals surface area (Å²) in [5.74, 6) is 0.271. The smallest absolute Gasteiger partial charge is 0.242 e. The number of nitrogens with one attached hydrogen (secondary N) is 1. The third-order valence-electron chi connectivity index (χ3n) is 4.95. The second kappa shape index (κ2) is 8.35. The molecular weight excluding hydrogens is 345 g/mol. The van der Waals surface area contributed by atoms with Gasteiger partial charge in [0, 0.05) is 46.0 Å². The molecule has 1 aromatic carbocycles. The maximum Gasteiger partial charge on any atom is 0.242 e. The molecule has 1 aliphatic heterocycles. The Morgan fingerprint density at radius 2 is 1.78 bits per heavy atom. The van der Waals surface area contributed by atoms with Crippen LogP contribution < -0.4 is 15.1 Å². The van der Waals surface area contributed by atoms with Gasteiger partial charge in [-0.15, -0.1) is 0 Å². The molecule has 1 aliphatic rings. The highest BCUT2D eigenvalue weighted by molar-refractivity contribution is 5.93. The van der Waals surface area contributed by atoms with Crippen molar-refractivity contribution >= 4 is 23.1 Å². The molecule has 7 heteroatoms. The number of carbonyl (C=O) groups excluding carboxylic acids is 1. The molecule has 1 amide bonds. The minimum atomic E-state index is -0.240. The summed E-state index contributed by atoms with van der Waals surface area (Å²) in [5.41, 5.74) is 2.00. The molecule has 0 bridgehead atoms. The first-order chi connectivity index (χ1) is 12.9. The van der Waals surface area contributed by atoms with Crippen molar-refractivity contribution in [1.82, 2.24) is 9.88 Å². The fraction of sp³-hybridized carbons (Fsp3) is 0.400. The number of hydrogen-bond acceptors (Lipinski definition) is 5. The molecule has 144 valence electrons. The van der Waals surface area contributed by atoms with E-state index < -0.39 is 0 Å². The number of amides is 1. The van der Waals surface area contributed by atoms with E-state index in [-0.39, 0.29) is 17.8 Å². The molecule has 1 fully saturated rings. The van der Waals surface area contributed by atoms with Crippen molar-refractivity contribution in [2.75, 3.05) is 55.4 Å². The van der Waals surface area contributed by atoms with E-state index in [1.54, 1.807) is 18.3 Å². The maximum absolute atomic E-state index is 13.1. The zero-order chi connectivity index (χ0) is 19.4. The number of anilines is 3. The molecule has 0 spiro atoms. The van der Waals surface area contributed by atoms with E-state index in [4.69, 9.17) is 0 Å². The lowest BCUT2D eigenvalue weighted by molar-refractivity contribution is -0.120. The Kier molecular flexibility index (Phi) is 5.91. The van der Waals surface area contributed by atoms with Crippen LogP contribution in [0.1, 0.15) is 6.92 Å². The molecule has 1 N–H and O–H groups in total.